The predicted molar refractivity (Wildman–Crippen MR) is 143 cm³/mol. The number of benzene rings is 3. The molecule has 0 saturated carbocycles. The van der Waals surface area contributed by atoms with Gasteiger partial charge in [-0.25, -0.2) is 9.59 Å². The zero-order valence-electron chi connectivity index (χ0n) is 20.6. The molecule has 3 aromatic carbocycles. The van der Waals surface area contributed by atoms with Crippen LogP contribution in [-0.2, 0) is 22.6 Å². The first-order chi connectivity index (χ1) is 18.4. The second kappa shape index (κ2) is 11.0. The first kappa shape index (κ1) is 25.4. The molecule has 8 heteroatoms. The second-order valence-electron chi connectivity index (χ2n) is 9.08. The topological polar surface area (TPSA) is 98.0 Å². The van der Waals surface area contributed by atoms with E-state index >= 15 is 0 Å². The van der Waals surface area contributed by atoms with E-state index in [0.29, 0.717) is 22.3 Å². The van der Waals surface area contributed by atoms with E-state index in [-0.39, 0.29) is 25.6 Å². The molecule has 0 radical (unpaired) electrons. The highest BCUT2D eigenvalue weighted by atomic mass is 35.5. The number of carbonyl (C=O) groups is 2. The Labute approximate surface area is 225 Å². The number of nitrogens with one attached hydrogen (secondary N) is 1. The Balaban J connectivity index is 1.18. The summed E-state index contributed by atoms with van der Waals surface area (Å²) in [5.74, 6) is 0.243. The molecule has 194 valence electrons. The lowest BCUT2D eigenvalue weighted by Crippen LogP contribution is -2.42. The van der Waals surface area contributed by atoms with E-state index in [0.717, 1.165) is 27.8 Å². The zero-order valence-corrected chi connectivity index (χ0v) is 21.4. The van der Waals surface area contributed by atoms with Crippen LogP contribution in [0.5, 0.6) is 5.75 Å². The summed E-state index contributed by atoms with van der Waals surface area (Å²) < 4.78 is 17.0. The quantitative estimate of drug-likeness (QED) is 0.261. The van der Waals surface area contributed by atoms with Gasteiger partial charge in [-0.3, -0.25) is 0 Å². The number of rotatable bonds is 9. The number of hydrogen-bond acceptors (Lipinski definition) is 5. The molecule has 1 atom stereocenters. The predicted octanol–water partition coefficient (Wildman–Crippen LogP) is 6.35. The van der Waals surface area contributed by atoms with Gasteiger partial charge >= 0.3 is 12.1 Å². The summed E-state index contributed by atoms with van der Waals surface area (Å²) in [7, 11) is 0. The first-order valence-electron chi connectivity index (χ1n) is 12.2. The number of carbonyl (C=O) groups excluding carboxylic acids is 1. The molecule has 38 heavy (non-hydrogen) atoms. The Morgan fingerprint density at radius 3 is 2.29 bits per heavy atom. The van der Waals surface area contributed by atoms with Crippen molar-refractivity contribution in [3.05, 3.63) is 112 Å². The van der Waals surface area contributed by atoms with Crippen LogP contribution in [0, 0.1) is 6.92 Å². The Morgan fingerprint density at radius 1 is 0.947 bits per heavy atom. The average Bonchev–Trinajstić information content (AvgIpc) is 3.50. The second-order valence-corrected chi connectivity index (χ2v) is 9.49. The van der Waals surface area contributed by atoms with Gasteiger partial charge in [0, 0.05) is 22.9 Å². The smallest absolute Gasteiger partial charge is 0.407 e. The average molecular weight is 532 g/mol. The normalized spacial score (nSPS) is 12.9. The van der Waals surface area contributed by atoms with Gasteiger partial charge in [0.05, 0.1) is 0 Å². The number of amides is 1. The summed E-state index contributed by atoms with van der Waals surface area (Å²) in [6, 6.07) is 23.6. The molecule has 4 aromatic rings. The van der Waals surface area contributed by atoms with Gasteiger partial charge < -0.3 is 24.3 Å². The fourth-order valence-corrected chi connectivity index (χ4v) is 4.85. The van der Waals surface area contributed by atoms with Crippen molar-refractivity contribution in [1.82, 2.24) is 5.32 Å². The molecule has 1 aliphatic carbocycles. The first-order valence-corrected chi connectivity index (χ1v) is 12.6. The molecular formula is C30H26ClNO6. The van der Waals surface area contributed by atoms with Crippen LogP contribution < -0.4 is 10.1 Å². The highest BCUT2D eigenvalue weighted by Crippen LogP contribution is 2.44. The number of ether oxygens (including phenoxy) is 2. The number of carboxylic acid groups (broad SMARTS) is 1. The van der Waals surface area contributed by atoms with Gasteiger partial charge in [-0.2, -0.15) is 0 Å². The van der Waals surface area contributed by atoms with E-state index in [2.05, 4.69) is 5.32 Å². The minimum atomic E-state index is -1.22. The van der Waals surface area contributed by atoms with Gasteiger partial charge in [-0.15, -0.1) is 0 Å². The summed E-state index contributed by atoms with van der Waals surface area (Å²) in [6.07, 6.45) is -0.846. The Hall–Kier alpha value is -4.23. The van der Waals surface area contributed by atoms with Crippen LogP contribution in [0.25, 0.3) is 11.1 Å². The third kappa shape index (κ3) is 5.38. The fraction of sp³-hybridized carbons (Fsp3) is 0.200. The fourth-order valence-electron chi connectivity index (χ4n) is 4.69. The highest BCUT2D eigenvalue weighted by Gasteiger charge is 2.30. The minimum Gasteiger partial charge on any atom is -0.485 e. The summed E-state index contributed by atoms with van der Waals surface area (Å²) in [6.45, 7) is 2.10. The van der Waals surface area contributed by atoms with E-state index in [1.165, 1.54) is 0 Å². The summed E-state index contributed by atoms with van der Waals surface area (Å²) in [4.78, 5) is 24.5. The van der Waals surface area contributed by atoms with Crippen LogP contribution in [0.15, 0.2) is 83.3 Å². The molecule has 1 amide bonds. The van der Waals surface area contributed by atoms with Crippen LogP contribution in [-0.4, -0.2) is 29.8 Å². The summed E-state index contributed by atoms with van der Waals surface area (Å²) in [5.41, 5.74) is 5.20. The van der Waals surface area contributed by atoms with Crippen molar-refractivity contribution < 1.29 is 28.6 Å². The molecule has 0 fully saturated rings. The number of aliphatic carboxylic acids is 1. The number of alkyl carbamates (subject to hydrolysis) is 1. The highest BCUT2D eigenvalue weighted by molar-refractivity contribution is 6.31. The maximum atomic E-state index is 12.6. The van der Waals surface area contributed by atoms with Gasteiger partial charge in [0.1, 0.15) is 36.5 Å². The summed E-state index contributed by atoms with van der Waals surface area (Å²) >= 11 is 6.13. The monoisotopic (exact) mass is 531 g/mol. The van der Waals surface area contributed by atoms with Crippen LogP contribution in [0.2, 0.25) is 5.02 Å². The number of hydrogen-bond donors (Lipinski definition) is 2. The summed E-state index contributed by atoms with van der Waals surface area (Å²) in [5, 5.41) is 12.7. The lowest BCUT2D eigenvalue weighted by Gasteiger charge is -2.17. The van der Waals surface area contributed by atoms with Gasteiger partial charge in [0.25, 0.3) is 0 Å². The van der Waals surface area contributed by atoms with Gasteiger partial charge in [-0.1, -0.05) is 66.2 Å². The van der Waals surface area contributed by atoms with Gasteiger partial charge in [-0.05, 0) is 53.4 Å². The largest absolute Gasteiger partial charge is 0.485 e. The molecule has 0 saturated heterocycles. The SMILES string of the molecule is Cc1c(Cl)cccc1OCc1ccc(CC(NC(=O)OCC2c3ccccc3-c3ccccc32)C(=O)O)o1. The van der Waals surface area contributed by atoms with Crippen molar-refractivity contribution >= 4 is 23.7 Å². The lowest BCUT2D eigenvalue weighted by molar-refractivity contribution is -0.139. The Kier molecular flexibility index (Phi) is 7.38. The van der Waals surface area contributed by atoms with Crippen molar-refractivity contribution in [3.8, 4) is 16.9 Å². The van der Waals surface area contributed by atoms with Gasteiger partial charge in [0.2, 0.25) is 0 Å². The lowest BCUT2D eigenvalue weighted by atomic mass is 9.98. The van der Waals surface area contributed by atoms with E-state index in [1.807, 2.05) is 61.5 Å². The van der Waals surface area contributed by atoms with E-state index in [1.54, 1.807) is 24.3 Å². The maximum absolute atomic E-state index is 12.6. The molecule has 1 heterocycles. The maximum Gasteiger partial charge on any atom is 0.407 e. The number of furan rings is 1. The molecule has 1 unspecified atom stereocenters. The number of halogens is 1. The molecule has 7 nitrogen and oxygen atoms in total. The Morgan fingerprint density at radius 2 is 1.61 bits per heavy atom. The van der Waals surface area contributed by atoms with Gasteiger partial charge in [0.15, 0.2) is 0 Å². The van der Waals surface area contributed by atoms with Crippen LogP contribution in [0.3, 0.4) is 0 Å². The van der Waals surface area contributed by atoms with E-state index in [9.17, 15) is 14.7 Å². The molecule has 0 bridgehead atoms. The standard InChI is InChI=1S/C30H26ClNO6/c1-18-26(31)11-6-12-28(18)36-16-20-14-13-19(38-20)15-27(29(33)34)32-30(35)37-17-25-23-9-4-2-7-21(23)22-8-3-5-10-24(22)25/h2-14,25,27H,15-17H2,1H3,(H,32,35)(H,33,34). The van der Waals surface area contributed by atoms with Crippen molar-refractivity contribution in [2.45, 2.75) is 31.9 Å². The minimum absolute atomic E-state index is 0.0459. The van der Waals surface area contributed by atoms with Crippen molar-refractivity contribution in [2.75, 3.05) is 6.61 Å². The molecule has 0 aliphatic heterocycles. The zero-order chi connectivity index (χ0) is 26.6. The Bertz CT molecular complexity index is 1430. The van der Waals surface area contributed by atoms with Crippen molar-refractivity contribution in [3.63, 3.8) is 0 Å². The van der Waals surface area contributed by atoms with Crippen molar-refractivity contribution in [1.29, 1.82) is 0 Å². The molecular weight excluding hydrogens is 506 g/mol. The molecule has 1 aromatic heterocycles. The third-order valence-corrected chi connectivity index (χ3v) is 7.05. The van der Waals surface area contributed by atoms with Crippen LogP contribution >= 0.6 is 11.6 Å². The van der Waals surface area contributed by atoms with Crippen LogP contribution in [0.1, 0.15) is 34.1 Å². The van der Waals surface area contributed by atoms with E-state index in [4.69, 9.17) is 25.5 Å². The third-order valence-electron chi connectivity index (χ3n) is 6.64. The molecule has 0 spiro atoms. The number of carboxylic acids is 1. The number of fused-ring (bicyclic) bond motifs is 3. The molecule has 2 N–H and O–H groups in total. The molecule has 1 aliphatic rings. The van der Waals surface area contributed by atoms with Crippen molar-refractivity contribution in [2.24, 2.45) is 0 Å². The van der Waals surface area contributed by atoms with Crippen LogP contribution in [0.4, 0.5) is 4.79 Å². The molecule has 5 rings (SSSR count). The van der Waals surface area contributed by atoms with E-state index < -0.39 is 18.1 Å².